The van der Waals surface area contributed by atoms with Gasteiger partial charge in [0.15, 0.2) is 5.76 Å². The zero-order valence-electron chi connectivity index (χ0n) is 15.0. The molecule has 26 heavy (non-hydrogen) atoms. The summed E-state index contributed by atoms with van der Waals surface area (Å²) in [5, 5.41) is 3.38. The van der Waals surface area contributed by atoms with Crippen LogP contribution in [-0.4, -0.2) is 24.8 Å². The topological polar surface area (TPSA) is 104 Å². The maximum absolute atomic E-state index is 12.4. The van der Waals surface area contributed by atoms with Crippen molar-refractivity contribution in [2.45, 2.75) is 38.3 Å². The molecule has 0 fully saturated rings. The van der Waals surface area contributed by atoms with E-state index in [9.17, 15) is 13.2 Å². The predicted octanol–water partition coefficient (Wildman–Crippen LogP) is 3.40. The van der Waals surface area contributed by atoms with Gasteiger partial charge in [0, 0.05) is 27.8 Å². The van der Waals surface area contributed by atoms with E-state index in [0.717, 1.165) is 16.6 Å². The van der Waals surface area contributed by atoms with Gasteiger partial charge in [-0.25, -0.2) is 13.1 Å². The van der Waals surface area contributed by atoms with Crippen LogP contribution in [0.25, 0.3) is 10.9 Å². The van der Waals surface area contributed by atoms with E-state index in [1.165, 1.54) is 12.1 Å². The normalized spacial score (nSPS) is 12.5. The van der Waals surface area contributed by atoms with Gasteiger partial charge in [0.2, 0.25) is 5.09 Å². The molecule has 3 N–H and O–H groups in total. The van der Waals surface area contributed by atoms with Gasteiger partial charge in [-0.15, -0.1) is 0 Å². The molecule has 2 aromatic heterocycles. The lowest BCUT2D eigenvalue weighted by molar-refractivity contribution is 0.0991. The van der Waals surface area contributed by atoms with Crippen molar-refractivity contribution in [3.8, 4) is 0 Å². The lowest BCUT2D eigenvalue weighted by Gasteiger charge is -2.18. The monoisotopic (exact) mass is 375 g/mol. The molecule has 0 unspecified atom stereocenters. The summed E-state index contributed by atoms with van der Waals surface area (Å²) < 4.78 is 32.2. The summed E-state index contributed by atoms with van der Waals surface area (Å²) in [5.74, 6) is -0.599. The highest BCUT2D eigenvalue weighted by molar-refractivity contribution is 7.89. The number of carbonyl (C=O) groups is 1. The number of furan rings is 1. The fourth-order valence-corrected chi connectivity index (χ4v) is 3.94. The molecule has 0 bridgehead atoms. The zero-order chi connectivity index (χ0) is 19.1. The van der Waals surface area contributed by atoms with E-state index in [-0.39, 0.29) is 10.9 Å². The number of hydrogen-bond acceptors (Lipinski definition) is 4. The molecule has 7 nitrogen and oxygen atoms in total. The summed E-state index contributed by atoms with van der Waals surface area (Å²) in [4.78, 5) is 15.6. The highest BCUT2D eigenvalue weighted by Gasteiger charge is 2.26. The summed E-state index contributed by atoms with van der Waals surface area (Å²) in [6.45, 7) is 7.12. The summed E-state index contributed by atoms with van der Waals surface area (Å²) in [5.41, 5.74) is 1.93. The summed E-state index contributed by atoms with van der Waals surface area (Å²) in [7, 11) is -3.83. The first-order valence-electron chi connectivity index (χ1n) is 8.08. The number of sulfonamides is 1. The molecule has 0 radical (unpaired) electrons. The van der Waals surface area contributed by atoms with Crippen molar-refractivity contribution >= 4 is 32.5 Å². The fourth-order valence-electron chi connectivity index (χ4n) is 2.59. The molecule has 0 saturated heterocycles. The maximum atomic E-state index is 12.4. The molecule has 0 atom stereocenters. The molecule has 0 aliphatic carbocycles. The largest absolute Gasteiger partial charge is 0.438 e. The van der Waals surface area contributed by atoms with Crippen LogP contribution in [0.15, 0.2) is 45.9 Å². The number of aryl methyl sites for hydroxylation is 1. The number of carbonyl (C=O) groups excluding carboxylic acids is 1. The molecule has 8 heteroatoms. The van der Waals surface area contributed by atoms with Crippen molar-refractivity contribution in [3.05, 3.63) is 47.9 Å². The second-order valence-corrected chi connectivity index (χ2v) is 8.80. The van der Waals surface area contributed by atoms with Crippen LogP contribution in [0.5, 0.6) is 0 Å². The number of H-pyrrole nitrogens is 1. The van der Waals surface area contributed by atoms with E-state index in [1.807, 2.05) is 25.1 Å². The van der Waals surface area contributed by atoms with Gasteiger partial charge in [-0.05, 0) is 64.1 Å². The minimum Gasteiger partial charge on any atom is -0.438 e. The third-order valence-electron chi connectivity index (χ3n) is 3.52. The van der Waals surface area contributed by atoms with Crippen LogP contribution in [0.4, 0.5) is 5.69 Å². The number of rotatable bonds is 4. The smallest absolute Gasteiger partial charge is 0.291 e. The Morgan fingerprint density at radius 2 is 1.85 bits per heavy atom. The Bertz CT molecular complexity index is 1070. The highest BCUT2D eigenvalue weighted by Crippen LogP contribution is 2.21. The van der Waals surface area contributed by atoms with Gasteiger partial charge in [0.1, 0.15) is 0 Å². The first-order valence-corrected chi connectivity index (χ1v) is 9.56. The number of fused-ring (bicyclic) bond motifs is 1. The van der Waals surface area contributed by atoms with Gasteiger partial charge in [0.25, 0.3) is 15.9 Å². The fraction of sp³-hybridized carbons (Fsp3) is 0.278. The molecular weight excluding hydrogens is 354 g/mol. The third-order valence-corrected chi connectivity index (χ3v) is 5.15. The van der Waals surface area contributed by atoms with Gasteiger partial charge in [0.05, 0.1) is 0 Å². The lowest BCUT2D eigenvalue weighted by Crippen LogP contribution is -2.40. The molecule has 3 rings (SSSR count). The summed E-state index contributed by atoms with van der Waals surface area (Å²) in [6.07, 6.45) is 0. The molecule has 0 aliphatic heterocycles. The van der Waals surface area contributed by atoms with Crippen molar-refractivity contribution in [1.29, 1.82) is 0 Å². The van der Waals surface area contributed by atoms with Crippen LogP contribution >= 0.6 is 0 Å². The van der Waals surface area contributed by atoms with E-state index in [4.69, 9.17) is 4.42 Å². The number of benzene rings is 1. The number of amides is 1. The van der Waals surface area contributed by atoms with E-state index in [2.05, 4.69) is 15.0 Å². The molecule has 0 spiro atoms. The average molecular weight is 375 g/mol. The second-order valence-electron chi connectivity index (χ2n) is 7.18. The molecule has 1 aromatic carbocycles. The van der Waals surface area contributed by atoms with Crippen molar-refractivity contribution < 1.29 is 17.6 Å². The number of hydrogen-bond donors (Lipinski definition) is 3. The number of anilines is 1. The van der Waals surface area contributed by atoms with Crippen LogP contribution in [0.3, 0.4) is 0 Å². The van der Waals surface area contributed by atoms with Crippen LogP contribution in [0, 0.1) is 6.92 Å². The van der Waals surface area contributed by atoms with Gasteiger partial charge < -0.3 is 14.7 Å². The third kappa shape index (κ3) is 3.97. The Kier molecular flexibility index (Phi) is 4.41. The highest BCUT2D eigenvalue weighted by atomic mass is 32.2. The van der Waals surface area contributed by atoms with Crippen LogP contribution in [-0.2, 0) is 10.0 Å². The molecule has 0 aliphatic rings. The van der Waals surface area contributed by atoms with Crippen molar-refractivity contribution in [2.75, 3.05) is 5.32 Å². The zero-order valence-corrected chi connectivity index (χ0v) is 15.8. The Hall–Kier alpha value is -2.58. The molecule has 3 aromatic rings. The Morgan fingerprint density at radius 3 is 2.54 bits per heavy atom. The molecule has 2 heterocycles. The van der Waals surface area contributed by atoms with Gasteiger partial charge in [-0.2, -0.15) is 0 Å². The molecular formula is C18H21N3O4S. The van der Waals surface area contributed by atoms with Crippen LogP contribution < -0.4 is 10.0 Å². The summed E-state index contributed by atoms with van der Waals surface area (Å²) in [6, 6.07) is 10.0. The average Bonchev–Trinajstić information content (AvgIpc) is 3.10. The Labute approximate surface area is 151 Å². The summed E-state index contributed by atoms with van der Waals surface area (Å²) >= 11 is 0. The Morgan fingerprint density at radius 1 is 1.12 bits per heavy atom. The van der Waals surface area contributed by atoms with Gasteiger partial charge >= 0.3 is 0 Å². The second kappa shape index (κ2) is 6.30. The molecule has 138 valence electrons. The van der Waals surface area contributed by atoms with Crippen LogP contribution in [0.2, 0.25) is 0 Å². The number of aromatic nitrogens is 1. The van der Waals surface area contributed by atoms with E-state index < -0.39 is 21.5 Å². The van der Waals surface area contributed by atoms with Crippen molar-refractivity contribution in [2.24, 2.45) is 0 Å². The van der Waals surface area contributed by atoms with E-state index in [1.54, 1.807) is 26.8 Å². The van der Waals surface area contributed by atoms with E-state index in [0.29, 0.717) is 5.69 Å². The SMILES string of the molecule is Cc1cc2cc(NC(=O)c3ccc(S(=O)(=O)NC(C)(C)C)o3)ccc2[nH]1. The quantitative estimate of drug-likeness (QED) is 0.650. The minimum atomic E-state index is -3.83. The van der Waals surface area contributed by atoms with Gasteiger partial charge in [-0.3, -0.25) is 4.79 Å². The number of aromatic amines is 1. The number of nitrogens with one attached hydrogen (secondary N) is 3. The maximum Gasteiger partial charge on any atom is 0.291 e. The first-order chi connectivity index (χ1) is 12.0. The van der Waals surface area contributed by atoms with Gasteiger partial charge in [-0.1, -0.05) is 0 Å². The van der Waals surface area contributed by atoms with Crippen molar-refractivity contribution in [1.82, 2.24) is 9.71 Å². The molecule has 1 amide bonds. The van der Waals surface area contributed by atoms with Crippen LogP contribution in [0.1, 0.15) is 37.0 Å². The van der Waals surface area contributed by atoms with Crippen molar-refractivity contribution in [3.63, 3.8) is 0 Å². The first kappa shape index (κ1) is 18.2. The predicted molar refractivity (Wildman–Crippen MR) is 99.8 cm³/mol. The molecule has 0 saturated carbocycles. The Balaban J connectivity index is 1.79. The van der Waals surface area contributed by atoms with E-state index >= 15 is 0 Å². The standard InChI is InChI=1S/C18H21N3O4S/c1-11-9-12-10-13(5-6-14(12)19-11)20-17(22)15-7-8-16(25-15)26(23,24)21-18(2,3)4/h5-10,19,21H,1-4H3,(H,20,22). The minimum absolute atomic E-state index is 0.0790. The lowest BCUT2D eigenvalue weighted by atomic mass is 10.1.